The van der Waals surface area contributed by atoms with E-state index in [1.54, 1.807) is 18.3 Å². The zero-order valence-electron chi connectivity index (χ0n) is 10.0. The van der Waals surface area contributed by atoms with Gasteiger partial charge in [0.2, 0.25) is 5.88 Å². The topological polar surface area (TPSA) is 48.4 Å². The summed E-state index contributed by atoms with van der Waals surface area (Å²) in [7, 11) is 0. The first-order chi connectivity index (χ1) is 8.25. The second kappa shape index (κ2) is 5.77. The summed E-state index contributed by atoms with van der Waals surface area (Å²) in [6, 6.07) is 3.45. The maximum Gasteiger partial charge on any atom is 0.213 e. The summed E-state index contributed by atoms with van der Waals surface area (Å²) < 4.78 is 11.1. The van der Waals surface area contributed by atoms with Gasteiger partial charge in [-0.25, -0.2) is 4.98 Å². The number of hydrogen-bond donors (Lipinski definition) is 0. The van der Waals surface area contributed by atoms with E-state index in [9.17, 15) is 4.79 Å². The van der Waals surface area contributed by atoms with Gasteiger partial charge in [-0.15, -0.1) is 0 Å². The van der Waals surface area contributed by atoms with Crippen LogP contribution in [0.3, 0.4) is 0 Å². The third kappa shape index (κ3) is 3.53. The quantitative estimate of drug-likeness (QED) is 0.751. The minimum Gasteiger partial charge on any atom is -0.475 e. The van der Waals surface area contributed by atoms with Gasteiger partial charge in [0, 0.05) is 24.4 Å². The molecule has 1 aliphatic heterocycles. The minimum absolute atomic E-state index is 0.0136. The number of aromatic nitrogens is 1. The summed E-state index contributed by atoms with van der Waals surface area (Å²) in [6.07, 6.45) is 5.11. The normalized spacial score (nSPS) is 19.9. The fourth-order valence-corrected chi connectivity index (χ4v) is 1.79. The number of hydrogen-bond acceptors (Lipinski definition) is 4. The number of nitrogens with zero attached hydrogens (tertiary/aromatic N) is 1. The lowest BCUT2D eigenvalue weighted by atomic mass is 10.1. The molecule has 1 aliphatic rings. The summed E-state index contributed by atoms with van der Waals surface area (Å²) in [6.45, 7) is 2.88. The molecule has 17 heavy (non-hydrogen) atoms. The second-order valence-electron chi connectivity index (χ2n) is 4.24. The van der Waals surface area contributed by atoms with E-state index in [0.29, 0.717) is 18.1 Å². The van der Waals surface area contributed by atoms with Crippen molar-refractivity contribution in [1.29, 1.82) is 0 Å². The molecule has 1 saturated heterocycles. The Kier molecular flexibility index (Phi) is 4.09. The molecule has 0 bridgehead atoms. The molecule has 1 fully saturated rings. The first kappa shape index (κ1) is 12.0. The zero-order chi connectivity index (χ0) is 12.1. The molecule has 92 valence electrons. The van der Waals surface area contributed by atoms with E-state index >= 15 is 0 Å². The van der Waals surface area contributed by atoms with Crippen LogP contribution in [0.25, 0.3) is 0 Å². The lowest BCUT2D eigenvalue weighted by molar-refractivity contribution is -0.0119. The van der Waals surface area contributed by atoms with E-state index in [0.717, 1.165) is 19.4 Å². The fraction of sp³-hybridized carbons (Fsp3) is 0.538. The summed E-state index contributed by atoms with van der Waals surface area (Å²) in [5.74, 6) is 0.559. The highest BCUT2D eigenvalue weighted by Gasteiger charge is 2.14. The monoisotopic (exact) mass is 235 g/mol. The molecule has 1 atom stereocenters. The minimum atomic E-state index is 0.0136. The van der Waals surface area contributed by atoms with Crippen LogP contribution in [0.5, 0.6) is 5.88 Å². The fourth-order valence-electron chi connectivity index (χ4n) is 1.79. The summed E-state index contributed by atoms with van der Waals surface area (Å²) in [5, 5.41) is 0. The summed E-state index contributed by atoms with van der Waals surface area (Å²) in [5.41, 5.74) is 0.603. The van der Waals surface area contributed by atoms with Crippen LogP contribution < -0.4 is 4.74 Å². The van der Waals surface area contributed by atoms with Crippen LogP contribution in [0, 0.1) is 0 Å². The first-order valence-corrected chi connectivity index (χ1v) is 5.97. The average Bonchev–Trinajstić information content (AvgIpc) is 2.38. The Labute approximate surface area is 101 Å². The zero-order valence-corrected chi connectivity index (χ0v) is 10.0. The van der Waals surface area contributed by atoms with Crippen molar-refractivity contribution in [3.63, 3.8) is 0 Å². The molecule has 0 saturated carbocycles. The first-order valence-electron chi connectivity index (χ1n) is 5.97. The lowest BCUT2D eigenvalue weighted by Gasteiger charge is -2.22. The van der Waals surface area contributed by atoms with Gasteiger partial charge in [-0.2, -0.15) is 0 Å². The third-order valence-electron chi connectivity index (χ3n) is 2.83. The molecule has 1 aromatic heterocycles. The van der Waals surface area contributed by atoms with Crippen molar-refractivity contribution in [3.05, 3.63) is 23.9 Å². The average molecular weight is 235 g/mol. The second-order valence-corrected chi connectivity index (χ2v) is 4.24. The number of pyridine rings is 1. The number of ketones is 1. The molecule has 1 aromatic rings. The van der Waals surface area contributed by atoms with Crippen LogP contribution in [-0.4, -0.2) is 30.1 Å². The van der Waals surface area contributed by atoms with Crippen LogP contribution in [0.15, 0.2) is 18.3 Å². The number of carbonyl (C=O) groups excluding carboxylic acids is 1. The highest BCUT2D eigenvalue weighted by atomic mass is 16.5. The molecule has 4 nitrogen and oxygen atoms in total. The van der Waals surface area contributed by atoms with Crippen molar-refractivity contribution in [2.45, 2.75) is 32.3 Å². The smallest absolute Gasteiger partial charge is 0.213 e. The van der Waals surface area contributed by atoms with E-state index in [1.165, 1.54) is 13.3 Å². The molecule has 2 rings (SSSR count). The molecule has 0 amide bonds. The van der Waals surface area contributed by atoms with E-state index in [2.05, 4.69) is 4.98 Å². The Balaban J connectivity index is 1.84. The van der Waals surface area contributed by atoms with Gasteiger partial charge in [-0.3, -0.25) is 4.79 Å². The van der Waals surface area contributed by atoms with E-state index in [4.69, 9.17) is 9.47 Å². The van der Waals surface area contributed by atoms with Crippen molar-refractivity contribution in [2.75, 3.05) is 13.2 Å². The molecule has 2 heterocycles. The van der Waals surface area contributed by atoms with Crippen LogP contribution in [0.1, 0.15) is 36.5 Å². The van der Waals surface area contributed by atoms with Gasteiger partial charge in [-0.1, -0.05) is 0 Å². The molecular weight excluding hydrogens is 218 g/mol. The van der Waals surface area contributed by atoms with Crippen LogP contribution in [0.4, 0.5) is 0 Å². The van der Waals surface area contributed by atoms with Crippen molar-refractivity contribution >= 4 is 5.78 Å². The van der Waals surface area contributed by atoms with Crippen molar-refractivity contribution < 1.29 is 14.3 Å². The van der Waals surface area contributed by atoms with Crippen molar-refractivity contribution in [2.24, 2.45) is 0 Å². The molecule has 0 aromatic carbocycles. The summed E-state index contributed by atoms with van der Waals surface area (Å²) in [4.78, 5) is 15.1. The van der Waals surface area contributed by atoms with Crippen molar-refractivity contribution in [3.8, 4) is 5.88 Å². The maximum atomic E-state index is 11.1. The molecule has 0 aliphatic carbocycles. The van der Waals surface area contributed by atoms with Gasteiger partial charge in [0.25, 0.3) is 0 Å². The molecule has 0 N–H and O–H groups in total. The van der Waals surface area contributed by atoms with Gasteiger partial charge >= 0.3 is 0 Å². The molecule has 0 spiro atoms. The lowest BCUT2D eigenvalue weighted by Crippen LogP contribution is -2.25. The summed E-state index contributed by atoms with van der Waals surface area (Å²) >= 11 is 0. The van der Waals surface area contributed by atoms with E-state index in [1.807, 2.05) is 0 Å². The molecule has 1 unspecified atom stereocenters. The van der Waals surface area contributed by atoms with Gasteiger partial charge in [0.15, 0.2) is 5.78 Å². The highest BCUT2D eigenvalue weighted by molar-refractivity contribution is 5.93. The van der Waals surface area contributed by atoms with E-state index < -0.39 is 0 Å². The van der Waals surface area contributed by atoms with Crippen LogP contribution in [-0.2, 0) is 4.74 Å². The number of ether oxygens (including phenoxy) is 2. The Morgan fingerprint density at radius 1 is 1.53 bits per heavy atom. The largest absolute Gasteiger partial charge is 0.475 e. The highest BCUT2D eigenvalue weighted by Crippen LogP contribution is 2.14. The SMILES string of the molecule is CC(=O)c1ccc(OCC2CCCCO2)nc1. The predicted molar refractivity (Wildman–Crippen MR) is 63.3 cm³/mol. The van der Waals surface area contributed by atoms with E-state index in [-0.39, 0.29) is 11.9 Å². The van der Waals surface area contributed by atoms with Crippen molar-refractivity contribution in [1.82, 2.24) is 4.98 Å². The third-order valence-corrected chi connectivity index (χ3v) is 2.83. The van der Waals surface area contributed by atoms with Crippen LogP contribution >= 0.6 is 0 Å². The van der Waals surface area contributed by atoms with Crippen LogP contribution in [0.2, 0.25) is 0 Å². The Morgan fingerprint density at radius 2 is 2.41 bits per heavy atom. The standard InChI is InChI=1S/C13H17NO3/c1-10(15)11-5-6-13(14-8-11)17-9-12-4-2-3-7-16-12/h5-6,8,12H,2-4,7,9H2,1H3. The number of rotatable bonds is 4. The molecule has 0 radical (unpaired) electrons. The van der Waals surface area contributed by atoms with Gasteiger partial charge in [0.1, 0.15) is 6.61 Å². The van der Waals surface area contributed by atoms with Gasteiger partial charge in [-0.05, 0) is 32.3 Å². The Morgan fingerprint density at radius 3 is 3.00 bits per heavy atom. The maximum absolute atomic E-state index is 11.1. The molecular formula is C13H17NO3. The molecule has 4 heteroatoms. The Bertz CT molecular complexity index is 369. The predicted octanol–water partition coefficient (Wildman–Crippen LogP) is 2.23. The number of carbonyl (C=O) groups is 1. The van der Waals surface area contributed by atoms with Gasteiger partial charge < -0.3 is 9.47 Å². The Hall–Kier alpha value is -1.42. The van der Waals surface area contributed by atoms with Gasteiger partial charge in [0.05, 0.1) is 6.10 Å². The number of Topliss-reactive ketones (excluding diaryl/α,β-unsaturated/α-hetero) is 1.